The molecule has 0 bridgehead atoms. The molecule has 1 aromatic carbocycles. The summed E-state index contributed by atoms with van der Waals surface area (Å²) in [5, 5.41) is 2.80. The Morgan fingerprint density at radius 1 is 0.929 bits per heavy atom. The van der Waals surface area contributed by atoms with Crippen LogP contribution in [0.15, 0.2) is 55.1 Å². The van der Waals surface area contributed by atoms with Gasteiger partial charge in [0, 0.05) is 51.0 Å². The van der Waals surface area contributed by atoms with Crippen molar-refractivity contribution in [3.63, 3.8) is 0 Å². The molecule has 0 unspecified atom stereocenters. The van der Waals surface area contributed by atoms with Crippen LogP contribution in [0.2, 0.25) is 0 Å². The first kappa shape index (κ1) is 17.8. The second-order valence-corrected chi connectivity index (χ2v) is 6.23. The van der Waals surface area contributed by atoms with Gasteiger partial charge in [-0.25, -0.2) is 24.3 Å². The van der Waals surface area contributed by atoms with Crippen molar-refractivity contribution in [2.75, 3.05) is 36.4 Å². The first-order valence-corrected chi connectivity index (χ1v) is 8.85. The fourth-order valence-electron chi connectivity index (χ4n) is 2.93. The maximum absolute atomic E-state index is 13.7. The maximum Gasteiger partial charge on any atom is 0.257 e. The van der Waals surface area contributed by atoms with Crippen molar-refractivity contribution in [1.82, 2.24) is 24.8 Å². The van der Waals surface area contributed by atoms with Gasteiger partial charge in [-0.1, -0.05) is 12.1 Å². The molecular formula is C19H18FN7O. The lowest BCUT2D eigenvalue weighted by Crippen LogP contribution is -2.49. The molecular weight excluding hydrogens is 361 g/mol. The summed E-state index contributed by atoms with van der Waals surface area (Å²) in [5.74, 6) is 0.367. The molecule has 0 atom stereocenters. The minimum atomic E-state index is -0.397. The average molecular weight is 379 g/mol. The molecule has 1 amide bonds. The molecule has 2 aromatic heterocycles. The third-order valence-corrected chi connectivity index (χ3v) is 4.42. The van der Waals surface area contributed by atoms with E-state index in [0.29, 0.717) is 37.7 Å². The van der Waals surface area contributed by atoms with Gasteiger partial charge in [-0.2, -0.15) is 0 Å². The zero-order valence-electron chi connectivity index (χ0n) is 15.0. The van der Waals surface area contributed by atoms with E-state index in [2.05, 4.69) is 25.3 Å². The number of nitrogens with zero attached hydrogens (tertiary/aromatic N) is 6. The van der Waals surface area contributed by atoms with Gasteiger partial charge in [0.2, 0.25) is 11.9 Å². The lowest BCUT2D eigenvalue weighted by Gasteiger charge is -2.34. The summed E-state index contributed by atoms with van der Waals surface area (Å²) in [7, 11) is 0. The number of carbonyl (C=O) groups is 1. The van der Waals surface area contributed by atoms with E-state index < -0.39 is 5.82 Å². The van der Waals surface area contributed by atoms with E-state index in [1.807, 2.05) is 4.90 Å². The van der Waals surface area contributed by atoms with E-state index in [1.165, 1.54) is 18.5 Å². The first-order valence-electron chi connectivity index (χ1n) is 8.85. The van der Waals surface area contributed by atoms with Gasteiger partial charge in [-0.3, -0.25) is 4.79 Å². The zero-order valence-corrected chi connectivity index (χ0v) is 15.0. The molecule has 3 aromatic rings. The highest BCUT2D eigenvalue weighted by Gasteiger charge is 2.23. The van der Waals surface area contributed by atoms with Crippen LogP contribution in [0.3, 0.4) is 0 Å². The van der Waals surface area contributed by atoms with E-state index in [-0.39, 0.29) is 17.5 Å². The number of piperazine rings is 1. The summed E-state index contributed by atoms with van der Waals surface area (Å²) in [5.41, 5.74) is 0.671. The van der Waals surface area contributed by atoms with E-state index in [1.54, 1.807) is 41.6 Å². The number of para-hydroxylation sites is 1. The van der Waals surface area contributed by atoms with E-state index in [0.717, 1.165) is 0 Å². The molecule has 9 heteroatoms. The molecule has 0 aliphatic carbocycles. The van der Waals surface area contributed by atoms with Crippen LogP contribution in [0, 0.1) is 5.82 Å². The van der Waals surface area contributed by atoms with Crippen molar-refractivity contribution >= 4 is 23.5 Å². The number of anilines is 3. The molecule has 142 valence electrons. The second-order valence-electron chi connectivity index (χ2n) is 6.23. The molecule has 3 heterocycles. The molecule has 0 saturated carbocycles. The summed E-state index contributed by atoms with van der Waals surface area (Å²) < 4.78 is 13.7. The minimum Gasteiger partial charge on any atom is -0.337 e. The van der Waals surface area contributed by atoms with Crippen LogP contribution in [0.5, 0.6) is 0 Å². The molecule has 1 aliphatic rings. The Morgan fingerprint density at radius 3 is 2.29 bits per heavy atom. The van der Waals surface area contributed by atoms with Crippen molar-refractivity contribution < 1.29 is 9.18 Å². The Kier molecular flexibility index (Phi) is 5.05. The van der Waals surface area contributed by atoms with Crippen LogP contribution < -0.4 is 10.2 Å². The maximum atomic E-state index is 13.7. The monoisotopic (exact) mass is 379 g/mol. The number of nitrogens with one attached hydrogen (secondary N) is 1. The quantitative estimate of drug-likeness (QED) is 0.743. The smallest absolute Gasteiger partial charge is 0.257 e. The number of carbonyl (C=O) groups excluding carboxylic acids is 1. The molecule has 28 heavy (non-hydrogen) atoms. The number of halogens is 1. The Balaban J connectivity index is 1.37. The lowest BCUT2D eigenvalue weighted by molar-refractivity contribution is 0.0745. The Hall–Kier alpha value is -3.62. The topological polar surface area (TPSA) is 87.1 Å². The van der Waals surface area contributed by atoms with Crippen LogP contribution in [-0.2, 0) is 0 Å². The summed E-state index contributed by atoms with van der Waals surface area (Å²) in [4.78, 5) is 33.2. The number of aromatic nitrogens is 4. The fourth-order valence-corrected chi connectivity index (χ4v) is 2.93. The van der Waals surface area contributed by atoms with Gasteiger partial charge in [-0.15, -0.1) is 0 Å². The molecule has 1 saturated heterocycles. The summed E-state index contributed by atoms with van der Waals surface area (Å²) in [6.45, 7) is 2.44. The number of hydrogen-bond donors (Lipinski definition) is 1. The van der Waals surface area contributed by atoms with Gasteiger partial charge in [0.25, 0.3) is 5.91 Å². The van der Waals surface area contributed by atoms with Crippen molar-refractivity contribution in [3.05, 3.63) is 66.5 Å². The van der Waals surface area contributed by atoms with Crippen LogP contribution in [-0.4, -0.2) is 56.9 Å². The van der Waals surface area contributed by atoms with Crippen LogP contribution in [0.1, 0.15) is 10.4 Å². The molecule has 1 N–H and O–H groups in total. The molecule has 8 nitrogen and oxygen atoms in total. The SMILES string of the molecule is O=C(c1cnc(Nc2ccccc2F)nc1)N1CCN(c2ncccn2)CC1. The number of hydrogen-bond acceptors (Lipinski definition) is 7. The second kappa shape index (κ2) is 7.95. The molecule has 1 fully saturated rings. The Morgan fingerprint density at radius 2 is 1.61 bits per heavy atom. The number of benzene rings is 1. The highest BCUT2D eigenvalue weighted by atomic mass is 19.1. The predicted octanol–water partition coefficient (Wildman–Crippen LogP) is 2.11. The largest absolute Gasteiger partial charge is 0.337 e. The lowest BCUT2D eigenvalue weighted by atomic mass is 10.2. The van der Waals surface area contributed by atoms with Crippen LogP contribution in [0.4, 0.5) is 22.0 Å². The first-order chi connectivity index (χ1) is 13.7. The third-order valence-electron chi connectivity index (χ3n) is 4.42. The predicted molar refractivity (Wildman–Crippen MR) is 102 cm³/mol. The van der Waals surface area contributed by atoms with E-state index in [4.69, 9.17) is 0 Å². The number of rotatable bonds is 4. The van der Waals surface area contributed by atoms with Crippen molar-refractivity contribution in [2.24, 2.45) is 0 Å². The Bertz CT molecular complexity index is 944. The van der Waals surface area contributed by atoms with Gasteiger partial charge in [0.15, 0.2) is 0 Å². The fraction of sp³-hybridized carbons (Fsp3) is 0.211. The van der Waals surface area contributed by atoms with Gasteiger partial charge in [0.1, 0.15) is 5.82 Å². The van der Waals surface area contributed by atoms with Crippen molar-refractivity contribution in [3.8, 4) is 0 Å². The zero-order chi connectivity index (χ0) is 19.3. The molecule has 0 radical (unpaired) electrons. The minimum absolute atomic E-state index is 0.133. The standard InChI is InChI=1S/C19H18FN7O/c20-15-4-1-2-5-16(15)25-18-23-12-14(13-24-18)17(28)26-8-10-27(11-9-26)19-21-6-3-7-22-19/h1-7,12-13H,8-11H2,(H,23,24,25). The third kappa shape index (κ3) is 3.88. The van der Waals surface area contributed by atoms with Crippen molar-refractivity contribution in [1.29, 1.82) is 0 Å². The molecule has 1 aliphatic heterocycles. The van der Waals surface area contributed by atoms with Crippen molar-refractivity contribution in [2.45, 2.75) is 0 Å². The normalized spacial score (nSPS) is 14.0. The molecule has 0 spiro atoms. The Labute approximate surface area is 161 Å². The molecule has 4 rings (SSSR count). The van der Waals surface area contributed by atoms with Gasteiger partial charge in [0.05, 0.1) is 11.3 Å². The van der Waals surface area contributed by atoms with Gasteiger partial charge in [-0.05, 0) is 18.2 Å². The van der Waals surface area contributed by atoms with Gasteiger partial charge < -0.3 is 15.1 Å². The number of amides is 1. The van der Waals surface area contributed by atoms with Crippen LogP contribution in [0.25, 0.3) is 0 Å². The van der Waals surface area contributed by atoms with E-state index >= 15 is 0 Å². The average Bonchev–Trinajstić information content (AvgIpc) is 2.76. The highest BCUT2D eigenvalue weighted by molar-refractivity contribution is 5.93. The summed E-state index contributed by atoms with van der Waals surface area (Å²) >= 11 is 0. The summed E-state index contributed by atoms with van der Waals surface area (Å²) in [6.07, 6.45) is 6.30. The van der Waals surface area contributed by atoms with E-state index in [9.17, 15) is 9.18 Å². The van der Waals surface area contributed by atoms with Gasteiger partial charge >= 0.3 is 0 Å². The highest BCUT2D eigenvalue weighted by Crippen LogP contribution is 2.17. The van der Waals surface area contributed by atoms with Crippen LogP contribution >= 0.6 is 0 Å². The summed E-state index contributed by atoms with van der Waals surface area (Å²) in [6, 6.07) is 8.03.